The fourth-order valence-electron chi connectivity index (χ4n) is 7.29. The van der Waals surface area contributed by atoms with Gasteiger partial charge < -0.3 is 4.74 Å². The number of ketones is 1. The van der Waals surface area contributed by atoms with Crippen molar-refractivity contribution in [2.45, 2.75) is 58.3 Å². The van der Waals surface area contributed by atoms with E-state index in [1.165, 1.54) is 11.1 Å². The van der Waals surface area contributed by atoms with Crippen molar-refractivity contribution < 1.29 is 14.3 Å². The molecule has 3 aliphatic rings. The highest BCUT2D eigenvalue weighted by Gasteiger charge is 2.54. The maximum Gasteiger partial charge on any atom is 0.344 e. The number of esters is 1. The minimum Gasteiger partial charge on any atom is -0.462 e. The zero-order valence-corrected chi connectivity index (χ0v) is 19.2. The summed E-state index contributed by atoms with van der Waals surface area (Å²) in [6.07, 6.45) is 7.42. The molecule has 0 unspecified atom stereocenters. The van der Waals surface area contributed by atoms with Crippen molar-refractivity contribution in [2.75, 3.05) is 6.61 Å². The van der Waals surface area contributed by atoms with Crippen molar-refractivity contribution in [3.63, 3.8) is 0 Å². The summed E-state index contributed by atoms with van der Waals surface area (Å²) in [7, 11) is 0. The molecule has 5 heteroatoms. The van der Waals surface area contributed by atoms with Crippen LogP contribution in [-0.2, 0) is 16.0 Å². The molecule has 4 atom stereocenters. The van der Waals surface area contributed by atoms with E-state index in [2.05, 4.69) is 19.1 Å². The van der Waals surface area contributed by atoms with Crippen LogP contribution in [0.4, 0.5) is 0 Å². The molecule has 0 radical (unpaired) electrons. The van der Waals surface area contributed by atoms with Crippen LogP contribution in [0.15, 0.2) is 41.3 Å². The van der Waals surface area contributed by atoms with Crippen LogP contribution in [-0.4, -0.2) is 22.8 Å². The smallest absolute Gasteiger partial charge is 0.344 e. The predicted molar refractivity (Wildman–Crippen MR) is 127 cm³/mol. The van der Waals surface area contributed by atoms with Gasteiger partial charge in [-0.25, -0.2) is 4.79 Å². The Morgan fingerprint density at radius 3 is 2.79 bits per heavy atom. The van der Waals surface area contributed by atoms with Crippen LogP contribution in [0.5, 0.6) is 0 Å². The van der Waals surface area contributed by atoms with E-state index < -0.39 is 5.97 Å². The van der Waals surface area contributed by atoms with Crippen LogP contribution in [0, 0.1) is 17.3 Å². The first kappa shape index (κ1) is 20.6. The number of ether oxygens (including phenoxy) is 1. The Morgan fingerprint density at radius 2 is 1.97 bits per heavy atom. The van der Waals surface area contributed by atoms with E-state index >= 15 is 0 Å². The summed E-state index contributed by atoms with van der Waals surface area (Å²) in [5, 5.41) is 1.62. The number of benzene rings is 1. The summed E-state index contributed by atoms with van der Waals surface area (Å²) in [4.78, 5) is 39.0. The number of hydrogen-bond acceptors (Lipinski definition) is 4. The molecule has 2 aromatic heterocycles. The number of rotatable bonds is 2. The van der Waals surface area contributed by atoms with E-state index in [1.54, 1.807) is 23.6 Å². The van der Waals surface area contributed by atoms with Gasteiger partial charge in [0.15, 0.2) is 0 Å². The number of fused-ring (bicyclic) bond motifs is 8. The quantitative estimate of drug-likeness (QED) is 0.410. The summed E-state index contributed by atoms with van der Waals surface area (Å²) >= 11 is 0. The van der Waals surface area contributed by atoms with E-state index in [0.717, 1.165) is 43.0 Å². The van der Waals surface area contributed by atoms with Crippen molar-refractivity contribution in [3.8, 4) is 0 Å². The van der Waals surface area contributed by atoms with Gasteiger partial charge >= 0.3 is 5.97 Å². The van der Waals surface area contributed by atoms with Crippen molar-refractivity contribution in [1.29, 1.82) is 0 Å². The first-order valence-corrected chi connectivity index (χ1v) is 12.2. The van der Waals surface area contributed by atoms with Gasteiger partial charge in [0.1, 0.15) is 11.3 Å². The molecule has 2 heterocycles. The molecule has 5 nitrogen and oxygen atoms in total. The van der Waals surface area contributed by atoms with Gasteiger partial charge in [-0.2, -0.15) is 0 Å². The third-order valence-corrected chi connectivity index (χ3v) is 8.89. The minimum atomic E-state index is -0.560. The second-order valence-corrected chi connectivity index (χ2v) is 10.3. The topological polar surface area (TPSA) is 64.8 Å². The summed E-state index contributed by atoms with van der Waals surface area (Å²) in [5.74, 6) is 1.20. The largest absolute Gasteiger partial charge is 0.462 e. The summed E-state index contributed by atoms with van der Waals surface area (Å²) < 4.78 is 6.87. The molecule has 0 aliphatic heterocycles. The van der Waals surface area contributed by atoms with Crippen molar-refractivity contribution in [3.05, 3.63) is 63.6 Å². The minimum absolute atomic E-state index is 0.122. The molecule has 0 amide bonds. The van der Waals surface area contributed by atoms with E-state index in [4.69, 9.17) is 4.74 Å². The predicted octanol–water partition coefficient (Wildman–Crippen LogP) is 5.05. The summed E-state index contributed by atoms with van der Waals surface area (Å²) in [6.45, 7) is 4.17. The molecule has 0 saturated heterocycles. The number of aromatic nitrogens is 1. The number of Topliss-reactive ketones (excluding diaryl/α,β-unsaturated/α-hetero) is 1. The number of aryl methyl sites for hydroxylation is 1. The SMILES string of the molecule is CCOC(=O)c1c(=O)n2ccccc2c2cc3c(cc12)[C@@H]1CC[C@@]2(C)C(=O)CC[C@@H]2[C@H]1CC3. The van der Waals surface area contributed by atoms with E-state index in [1.807, 2.05) is 12.1 Å². The van der Waals surface area contributed by atoms with Gasteiger partial charge in [-0.15, -0.1) is 0 Å². The molecule has 170 valence electrons. The molecular weight excluding hydrogens is 414 g/mol. The molecule has 6 rings (SSSR count). The number of carbonyl (C=O) groups excluding carboxylic acids is 2. The molecule has 3 aromatic rings. The fourth-order valence-corrected chi connectivity index (χ4v) is 7.29. The maximum absolute atomic E-state index is 13.4. The van der Waals surface area contributed by atoms with Gasteiger partial charge in [-0.1, -0.05) is 13.0 Å². The van der Waals surface area contributed by atoms with Crippen LogP contribution >= 0.6 is 0 Å². The van der Waals surface area contributed by atoms with Gasteiger partial charge in [0.2, 0.25) is 0 Å². The van der Waals surface area contributed by atoms with Crippen molar-refractivity contribution in [1.82, 2.24) is 4.40 Å². The Balaban J connectivity index is 1.58. The van der Waals surface area contributed by atoms with Gasteiger partial charge in [-0.05, 0) is 92.2 Å². The van der Waals surface area contributed by atoms with E-state index in [9.17, 15) is 14.4 Å². The Labute approximate surface area is 192 Å². The summed E-state index contributed by atoms with van der Waals surface area (Å²) in [6, 6.07) is 9.98. The fraction of sp³-hybridized carbons (Fsp3) is 0.464. The lowest BCUT2D eigenvalue weighted by molar-refractivity contribution is -0.129. The van der Waals surface area contributed by atoms with Gasteiger partial charge in [0.05, 0.1) is 12.1 Å². The number of hydrogen-bond donors (Lipinski definition) is 0. The molecule has 0 N–H and O–H groups in total. The molecule has 2 saturated carbocycles. The van der Waals surface area contributed by atoms with Crippen LogP contribution < -0.4 is 5.56 Å². The first-order chi connectivity index (χ1) is 15.9. The molecule has 0 bridgehead atoms. The number of nitrogens with zero attached hydrogens (tertiary/aromatic N) is 1. The van der Waals surface area contributed by atoms with E-state index in [0.29, 0.717) is 35.3 Å². The average Bonchev–Trinajstić information content (AvgIpc) is 3.13. The Morgan fingerprint density at radius 1 is 1.12 bits per heavy atom. The van der Waals surface area contributed by atoms with Gasteiger partial charge in [0.25, 0.3) is 5.56 Å². The third kappa shape index (κ3) is 2.81. The molecule has 2 fully saturated rings. The molecule has 33 heavy (non-hydrogen) atoms. The van der Waals surface area contributed by atoms with Crippen molar-refractivity contribution >= 4 is 28.0 Å². The highest BCUT2D eigenvalue weighted by molar-refractivity contribution is 6.09. The van der Waals surface area contributed by atoms with Crippen LogP contribution in [0.1, 0.15) is 73.4 Å². The van der Waals surface area contributed by atoms with Crippen LogP contribution in [0.25, 0.3) is 16.3 Å². The monoisotopic (exact) mass is 443 g/mol. The molecule has 1 aromatic carbocycles. The number of pyridine rings is 2. The normalized spacial score (nSPS) is 28.4. The Kier molecular flexibility index (Phi) is 4.55. The lowest BCUT2D eigenvalue weighted by atomic mass is 9.55. The maximum atomic E-state index is 13.4. The van der Waals surface area contributed by atoms with Gasteiger partial charge in [-0.3, -0.25) is 14.0 Å². The highest BCUT2D eigenvalue weighted by Crippen LogP contribution is 2.59. The van der Waals surface area contributed by atoms with Crippen LogP contribution in [0.3, 0.4) is 0 Å². The number of carbonyl (C=O) groups is 2. The average molecular weight is 444 g/mol. The molecule has 0 spiro atoms. The second kappa shape index (κ2) is 7.28. The zero-order valence-electron chi connectivity index (χ0n) is 19.2. The lowest BCUT2D eigenvalue weighted by Crippen LogP contribution is -2.42. The first-order valence-electron chi connectivity index (χ1n) is 12.2. The Hall–Kier alpha value is -2.95. The third-order valence-electron chi connectivity index (χ3n) is 8.89. The zero-order chi connectivity index (χ0) is 22.9. The van der Waals surface area contributed by atoms with Crippen molar-refractivity contribution in [2.24, 2.45) is 17.3 Å². The Bertz CT molecular complexity index is 1390. The lowest BCUT2D eigenvalue weighted by Gasteiger charge is -2.48. The standard InChI is InChI=1S/C28H29NO4/c1-3-33-27(32)25-21-15-19-16(14-20(21)23-6-4-5-13-29(23)26(25)31)7-8-18-17(19)11-12-28(2)22(18)9-10-24(28)30/h4-6,13-15,17-18,22H,3,7-12H2,1-2H3/t17-,18+,22-,28-/m1/s1. The van der Waals surface area contributed by atoms with Gasteiger partial charge in [0, 0.05) is 28.8 Å². The highest BCUT2D eigenvalue weighted by atomic mass is 16.5. The molecular formula is C28H29NO4. The second-order valence-electron chi connectivity index (χ2n) is 10.3. The van der Waals surface area contributed by atoms with E-state index in [-0.39, 0.29) is 23.1 Å². The van der Waals surface area contributed by atoms with Crippen LogP contribution in [0.2, 0.25) is 0 Å². The summed E-state index contributed by atoms with van der Waals surface area (Å²) in [5.41, 5.74) is 3.02. The molecule has 3 aliphatic carbocycles.